The van der Waals surface area contributed by atoms with Crippen molar-refractivity contribution in [1.29, 1.82) is 0 Å². The van der Waals surface area contributed by atoms with Crippen LogP contribution in [0.4, 0.5) is 5.69 Å². The van der Waals surface area contributed by atoms with Crippen LogP contribution in [0.1, 0.15) is 65.7 Å². The Bertz CT molecular complexity index is 789. The Morgan fingerprint density at radius 1 is 1.15 bits per heavy atom. The summed E-state index contributed by atoms with van der Waals surface area (Å²) in [5.41, 5.74) is 4.10. The van der Waals surface area contributed by atoms with Crippen molar-refractivity contribution >= 4 is 17.6 Å². The van der Waals surface area contributed by atoms with Crippen LogP contribution < -0.4 is 5.32 Å². The molecular weight excluding hydrogens is 332 g/mol. The molecule has 6 nitrogen and oxygen atoms in total. The van der Waals surface area contributed by atoms with E-state index in [9.17, 15) is 14.7 Å². The molecule has 0 saturated carbocycles. The van der Waals surface area contributed by atoms with Crippen molar-refractivity contribution in [2.75, 3.05) is 11.9 Å². The van der Waals surface area contributed by atoms with Crippen molar-refractivity contribution in [2.24, 2.45) is 0 Å². The maximum atomic E-state index is 12.2. The Kier molecular flexibility index (Phi) is 6.21. The lowest BCUT2D eigenvalue weighted by Gasteiger charge is -2.09. The molecule has 0 saturated heterocycles. The van der Waals surface area contributed by atoms with Gasteiger partial charge in [-0.3, -0.25) is 4.79 Å². The van der Waals surface area contributed by atoms with Crippen molar-refractivity contribution in [3.8, 4) is 0 Å². The van der Waals surface area contributed by atoms with Crippen LogP contribution in [-0.2, 0) is 9.53 Å². The highest BCUT2D eigenvalue weighted by Gasteiger charge is 2.21. The molecule has 0 spiro atoms. The van der Waals surface area contributed by atoms with Crippen molar-refractivity contribution in [2.45, 2.75) is 46.6 Å². The van der Waals surface area contributed by atoms with Gasteiger partial charge in [0.15, 0.2) is 6.61 Å². The number of aromatic nitrogens is 1. The molecule has 0 aliphatic heterocycles. The van der Waals surface area contributed by atoms with Gasteiger partial charge in [0.25, 0.3) is 5.91 Å². The fraction of sp³-hybridized carbons (Fsp3) is 0.400. The molecule has 0 radical (unpaired) electrons. The summed E-state index contributed by atoms with van der Waals surface area (Å²) in [4.78, 5) is 27.1. The number of ether oxygens (including phenoxy) is 1. The van der Waals surface area contributed by atoms with Crippen LogP contribution in [0, 0.1) is 13.8 Å². The number of aryl methyl sites for hydroxylation is 1. The Morgan fingerprint density at radius 3 is 2.27 bits per heavy atom. The lowest BCUT2D eigenvalue weighted by molar-refractivity contribution is -0.119. The third kappa shape index (κ3) is 4.52. The van der Waals surface area contributed by atoms with Gasteiger partial charge in [0.2, 0.25) is 0 Å². The Labute approximate surface area is 153 Å². The van der Waals surface area contributed by atoms with Gasteiger partial charge in [0.05, 0.1) is 6.10 Å². The summed E-state index contributed by atoms with van der Waals surface area (Å²) in [5.74, 6) is -0.616. The Hall–Kier alpha value is -2.60. The Morgan fingerprint density at radius 2 is 1.77 bits per heavy atom. The third-order valence-corrected chi connectivity index (χ3v) is 4.31. The lowest BCUT2D eigenvalue weighted by Crippen LogP contribution is -2.21. The topological polar surface area (TPSA) is 91.4 Å². The van der Waals surface area contributed by atoms with Crippen LogP contribution >= 0.6 is 0 Å². The van der Waals surface area contributed by atoms with Crippen LogP contribution in [0.25, 0.3) is 0 Å². The van der Waals surface area contributed by atoms with Crippen molar-refractivity contribution in [3.63, 3.8) is 0 Å². The van der Waals surface area contributed by atoms with E-state index in [1.165, 1.54) is 5.56 Å². The predicted molar refractivity (Wildman–Crippen MR) is 100 cm³/mol. The van der Waals surface area contributed by atoms with Gasteiger partial charge in [-0.25, -0.2) is 4.79 Å². The average Bonchev–Trinajstić information content (AvgIpc) is 2.87. The van der Waals surface area contributed by atoms with Crippen molar-refractivity contribution in [3.05, 3.63) is 52.3 Å². The van der Waals surface area contributed by atoms with E-state index in [0.717, 1.165) is 0 Å². The molecule has 1 atom stereocenters. The molecule has 0 aliphatic rings. The molecule has 2 rings (SSSR count). The van der Waals surface area contributed by atoms with Gasteiger partial charge >= 0.3 is 5.97 Å². The lowest BCUT2D eigenvalue weighted by atomic mass is 10.0. The second-order valence-electron chi connectivity index (χ2n) is 6.74. The van der Waals surface area contributed by atoms with Crippen LogP contribution in [0.3, 0.4) is 0 Å². The minimum atomic E-state index is -0.690. The standard InChI is InChI=1S/C20H26N2O4/c1-11(2)15-6-8-16(9-7-15)22-17(24)10-26-20(25)19-12(3)18(14(5)23)13(4)21-19/h6-9,11,14,21,23H,10H2,1-5H3,(H,22,24)/t14-/m1/s1. The average molecular weight is 358 g/mol. The quantitative estimate of drug-likeness (QED) is 0.688. The molecule has 1 amide bonds. The first-order chi connectivity index (χ1) is 12.2. The van der Waals surface area contributed by atoms with Gasteiger partial charge in [-0.05, 0) is 49.9 Å². The minimum absolute atomic E-state index is 0.257. The molecular formula is C20H26N2O4. The third-order valence-electron chi connectivity index (χ3n) is 4.31. The predicted octanol–water partition coefficient (Wildman–Crippen LogP) is 3.60. The van der Waals surface area contributed by atoms with Crippen LogP contribution in [0.15, 0.2) is 24.3 Å². The second-order valence-corrected chi connectivity index (χ2v) is 6.74. The van der Waals surface area contributed by atoms with E-state index >= 15 is 0 Å². The zero-order chi connectivity index (χ0) is 19.4. The van der Waals surface area contributed by atoms with Crippen LogP contribution in [-0.4, -0.2) is 28.6 Å². The molecule has 1 heterocycles. The molecule has 3 N–H and O–H groups in total. The highest BCUT2D eigenvalue weighted by atomic mass is 16.5. The number of nitrogens with one attached hydrogen (secondary N) is 2. The number of amides is 1. The second kappa shape index (κ2) is 8.19. The summed E-state index contributed by atoms with van der Waals surface area (Å²) >= 11 is 0. The van der Waals surface area contributed by atoms with Gasteiger partial charge in [-0.15, -0.1) is 0 Å². The molecule has 26 heavy (non-hydrogen) atoms. The number of H-pyrrole nitrogens is 1. The number of aromatic amines is 1. The molecule has 0 fully saturated rings. The van der Waals surface area contributed by atoms with E-state index in [4.69, 9.17) is 4.74 Å². The van der Waals surface area contributed by atoms with E-state index < -0.39 is 18.0 Å². The molecule has 0 bridgehead atoms. The smallest absolute Gasteiger partial charge is 0.355 e. The van der Waals surface area contributed by atoms with Gasteiger partial charge in [-0.2, -0.15) is 0 Å². The van der Waals surface area contributed by atoms with Gasteiger partial charge in [0, 0.05) is 16.9 Å². The monoisotopic (exact) mass is 358 g/mol. The summed E-state index contributed by atoms with van der Waals surface area (Å²) in [5, 5.41) is 12.5. The summed E-state index contributed by atoms with van der Waals surface area (Å²) in [6, 6.07) is 7.55. The number of aliphatic hydroxyl groups is 1. The maximum Gasteiger partial charge on any atom is 0.355 e. The first-order valence-electron chi connectivity index (χ1n) is 8.64. The molecule has 0 unspecified atom stereocenters. The summed E-state index contributed by atoms with van der Waals surface area (Å²) in [6.07, 6.45) is -0.690. The molecule has 2 aromatic rings. The zero-order valence-electron chi connectivity index (χ0n) is 15.8. The van der Waals surface area contributed by atoms with E-state index in [-0.39, 0.29) is 12.3 Å². The largest absolute Gasteiger partial charge is 0.451 e. The van der Waals surface area contributed by atoms with E-state index in [0.29, 0.717) is 28.4 Å². The number of hydrogen-bond acceptors (Lipinski definition) is 4. The zero-order valence-corrected chi connectivity index (χ0v) is 15.8. The fourth-order valence-electron chi connectivity index (χ4n) is 2.95. The van der Waals surface area contributed by atoms with Gasteiger partial charge < -0.3 is 20.1 Å². The van der Waals surface area contributed by atoms with E-state index in [1.807, 2.05) is 24.3 Å². The molecule has 6 heteroatoms. The summed E-state index contributed by atoms with van der Waals surface area (Å²) < 4.78 is 5.09. The molecule has 140 valence electrons. The number of carbonyl (C=O) groups is 2. The minimum Gasteiger partial charge on any atom is -0.451 e. The normalized spacial score (nSPS) is 12.1. The van der Waals surface area contributed by atoms with Crippen molar-refractivity contribution in [1.82, 2.24) is 4.98 Å². The highest BCUT2D eigenvalue weighted by Crippen LogP contribution is 2.24. The highest BCUT2D eigenvalue weighted by molar-refractivity contribution is 5.95. The SMILES string of the molecule is Cc1[nH]c(C(=O)OCC(=O)Nc2ccc(C(C)C)cc2)c(C)c1[C@@H](C)O. The van der Waals surface area contributed by atoms with Gasteiger partial charge in [0.1, 0.15) is 5.69 Å². The number of benzene rings is 1. The number of carbonyl (C=O) groups excluding carboxylic acids is 2. The number of esters is 1. The number of anilines is 1. The van der Waals surface area contributed by atoms with Crippen LogP contribution in [0.5, 0.6) is 0 Å². The van der Waals surface area contributed by atoms with E-state index in [1.54, 1.807) is 20.8 Å². The maximum absolute atomic E-state index is 12.2. The van der Waals surface area contributed by atoms with Crippen LogP contribution in [0.2, 0.25) is 0 Å². The van der Waals surface area contributed by atoms with Gasteiger partial charge in [-0.1, -0.05) is 26.0 Å². The first kappa shape index (κ1) is 19.7. The fourth-order valence-corrected chi connectivity index (χ4v) is 2.95. The first-order valence-corrected chi connectivity index (χ1v) is 8.64. The number of rotatable bonds is 6. The van der Waals surface area contributed by atoms with Crippen molar-refractivity contribution < 1.29 is 19.4 Å². The number of aliphatic hydroxyl groups excluding tert-OH is 1. The van der Waals surface area contributed by atoms with E-state index in [2.05, 4.69) is 24.1 Å². The molecule has 1 aromatic heterocycles. The summed E-state index contributed by atoms with van der Waals surface area (Å²) in [7, 11) is 0. The number of hydrogen-bond donors (Lipinski definition) is 3. The Balaban J connectivity index is 1.95. The molecule has 0 aliphatic carbocycles. The molecule has 1 aromatic carbocycles. The summed E-state index contributed by atoms with van der Waals surface area (Å²) in [6.45, 7) is 8.96.